The SMILES string of the molecule is COc1ccc(/C=C2/N=C(SC/C([O-])=N\c3c[n+](N4CCOCC4)no3)N(c3ccccc3)C2=O)c(OC)c1. The molecule has 2 aliphatic rings. The monoisotopic (exact) mass is 550 g/mol. The zero-order valence-electron chi connectivity index (χ0n) is 21.4. The first kappa shape index (κ1) is 26.3. The zero-order valence-corrected chi connectivity index (χ0v) is 22.2. The molecule has 0 radical (unpaired) electrons. The predicted octanol–water partition coefficient (Wildman–Crippen LogP) is 1.51. The molecule has 12 nitrogen and oxygen atoms in total. The molecule has 0 atom stereocenters. The summed E-state index contributed by atoms with van der Waals surface area (Å²) in [6.45, 7) is 2.48. The van der Waals surface area contributed by atoms with E-state index in [2.05, 4.69) is 15.3 Å². The average molecular weight is 551 g/mol. The van der Waals surface area contributed by atoms with Crippen molar-refractivity contribution in [1.82, 2.24) is 5.27 Å². The highest BCUT2D eigenvalue weighted by Gasteiger charge is 2.32. The zero-order chi connectivity index (χ0) is 27.2. The first-order valence-corrected chi connectivity index (χ1v) is 13.0. The lowest BCUT2D eigenvalue weighted by Crippen LogP contribution is -2.62. The van der Waals surface area contributed by atoms with Gasteiger partial charge in [0.25, 0.3) is 12.1 Å². The second kappa shape index (κ2) is 12.0. The van der Waals surface area contributed by atoms with E-state index in [9.17, 15) is 9.90 Å². The van der Waals surface area contributed by atoms with Gasteiger partial charge in [-0.25, -0.2) is 9.98 Å². The molecule has 3 heterocycles. The van der Waals surface area contributed by atoms with Gasteiger partial charge in [-0.1, -0.05) is 30.0 Å². The molecule has 39 heavy (non-hydrogen) atoms. The van der Waals surface area contributed by atoms with Crippen LogP contribution < -0.4 is 29.3 Å². The van der Waals surface area contributed by atoms with Crippen LogP contribution in [0.5, 0.6) is 11.5 Å². The van der Waals surface area contributed by atoms with Gasteiger partial charge < -0.3 is 19.3 Å². The number of benzene rings is 2. The number of anilines is 1. The van der Waals surface area contributed by atoms with Crippen LogP contribution in [-0.2, 0) is 9.53 Å². The fourth-order valence-electron chi connectivity index (χ4n) is 3.94. The predicted molar refractivity (Wildman–Crippen MR) is 144 cm³/mol. The highest BCUT2D eigenvalue weighted by Crippen LogP contribution is 2.32. The summed E-state index contributed by atoms with van der Waals surface area (Å²) in [5, 5.41) is 18.9. The number of thioether (sulfide) groups is 1. The molecule has 2 aliphatic heterocycles. The maximum absolute atomic E-state index is 13.4. The second-order valence-electron chi connectivity index (χ2n) is 8.33. The van der Waals surface area contributed by atoms with Gasteiger partial charge in [0, 0.05) is 17.4 Å². The van der Waals surface area contributed by atoms with Crippen molar-refractivity contribution in [3.8, 4) is 11.5 Å². The summed E-state index contributed by atoms with van der Waals surface area (Å²) < 4.78 is 21.3. The number of hydrogen-bond donors (Lipinski definition) is 0. The number of para-hydroxylation sites is 1. The van der Waals surface area contributed by atoms with Gasteiger partial charge in [0.15, 0.2) is 5.17 Å². The molecule has 0 unspecified atom stereocenters. The van der Waals surface area contributed by atoms with Gasteiger partial charge in [-0.3, -0.25) is 14.2 Å². The van der Waals surface area contributed by atoms with Gasteiger partial charge in [-0.05, 0) is 36.2 Å². The van der Waals surface area contributed by atoms with Crippen molar-refractivity contribution in [2.75, 3.05) is 56.2 Å². The van der Waals surface area contributed by atoms with E-state index in [4.69, 9.17) is 18.7 Å². The first-order chi connectivity index (χ1) is 19.1. The number of amidine groups is 1. The molecular formula is C26H26N6O6S. The van der Waals surface area contributed by atoms with Crippen molar-refractivity contribution in [3.05, 3.63) is 66.0 Å². The Kier molecular flexibility index (Phi) is 8.08. The normalized spacial score (nSPS) is 17.1. The quantitative estimate of drug-likeness (QED) is 0.177. The smallest absolute Gasteiger partial charge is 0.324 e. The lowest BCUT2D eigenvalue weighted by Gasteiger charge is -2.18. The van der Waals surface area contributed by atoms with Crippen LogP contribution in [0.25, 0.3) is 6.08 Å². The van der Waals surface area contributed by atoms with Crippen LogP contribution in [0.1, 0.15) is 5.56 Å². The Morgan fingerprint density at radius 1 is 1.18 bits per heavy atom. The van der Waals surface area contributed by atoms with Crippen LogP contribution in [0.4, 0.5) is 11.6 Å². The summed E-state index contributed by atoms with van der Waals surface area (Å²) >= 11 is 1.11. The minimum atomic E-state index is -0.456. The van der Waals surface area contributed by atoms with E-state index < -0.39 is 5.90 Å². The molecule has 0 aliphatic carbocycles. The fraction of sp³-hybridized carbons (Fsp3) is 0.269. The third kappa shape index (κ3) is 6.04. The highest BCUT2D eigenvalue weighted by molar-refractivity contribution is 8.14. The first-order valence-electron chi connectivity index (χ1n) is 12.1. The third-order valence-corrected chi connectivity index (χ3v) is 6.78. The summed E-state index contributed by atoms with van der Waals surface area (Å²) in [5.74, 6) is 0.404. The summed E-state index contributed by atoms with van der Waals surface area (Å²) in [4.78, 5) is 25.0. The Bertz CT molecular complexity index is 1420. The van der Waals surface area contributed by atoms with Crippen molar-refractivity contribution in [2.24, 2.45) is 9.98 Å². The van der Waals surface area contributed by atoms with Crippen molar-refractivity contribution in [3.63, 3.8) is 0 Å². The van der Waals surface area contributed by atoms with Crippen LogP contribution in [0.2, 0.25) is 0 Å². The number of aromatic nitrogens is 2. The average Bonchev–Trinajstić information content (AvgIpc) is 3.57. The Morgan fingerprint density at radius 2 is 1.97 bits per heavy atom. The fourth-order valence-corrected chi connectivity index (χ4v) is 4.73. The topological polar surface area (TPSA) is 129 Å². The van der Waals surface area contributed by atoms with Crippen LogP contribution >= 0.6 is 11.8 Å². The molecule has 1 saturated heterocycles. The Morgan fingerprint density at radius 3 is 2.72 bits per heavy atom. The molecule has 0 spiro atoms. The molecule has 202 valence electrons. The number of ether oxygens (including phenoxy) is 3. The van der Waals surface area contributed by atoms with Crippen molar-refractivity contribution in [1.29, 1.82) is 0 Å². The number of aliphatic imine (C=N–C) groups is 2. The maximum Gasteiger partial charge on any atom is 0.324 e. The van der Waals surface area contributed by atoms with E-state index in [0.717, 1.165) is 11.8 Å². The van der Waals surface area contributed by atoms with Crippen LogP contribution in [0.3, 0.4) is 0 Å². The van der Waals surface area contributed by atoms with Crippen LogP contribution in [-0.4, -0.2) is 68.5 Å². The minimum absolute atomic E-state index is 0.0627. The van der Waals surface area contributed by atoms with Gasteiger partial charge in [-0.15, -0.1) is 5.01 Å². The molecule has 13 heteroatoms. The van der Waals surface area contributed by atoms with E-state index in [0.29, 0.717) is 54.2 Å². The van der Waals surface area contributed by atoms with Crippen molar-refractivity contribution >= 4 is 46.4 Å². The van der Waals surface area contributed by atoms with E-state index in [1.807, 2.05) is 23.2 Å². The van der Waals surface area contributed by atoms with Gasteiger partial charge >= 0.3 is 5.88 Å². The standard InChI is InChI=1S/C26H26N6O6S/c1-35-20-9-8-18(22(15-20)36-2)14-21-25(34)32(19-6-4-3-5-7-19)26(27-21)39-17-23(33)28-24-16-31(29-38-24)30-10-12-37-13-11-30/h3-9,14-16H,10-13,17H2,1-2H3/b21-14+. The largest absolute Gasteiger partial charge is 0.861 e. The molecule has 5 rings (SSSR count). The van der Waals surface area contributed by atoms with E-state index in [-0.39, 0.29) is 23.2 Å². The molecule has 0 saturated carbocycles. The number of carbonyl (C=O) groups excluding carboxylic acids is 1. The Hall–Kier alpha value is -4.36. The molecule has 0 N–H and O–H groups in total. The third-order valence-electron chi connectivity index (χ3n) is 5.86. The lowest BCUT2D eigenvalue weighted by molar-refractivity contribution is -0.759. The number of nitrogens with zero attached hydrogens (tertiary/aromatic N) is 6. The van der Waals surface area contributed by atoms with E-state index in [1.165, 1.54) is 9.69 Å². The maximum atomic E-state index is 13.4. The number of amides is 1. The molecule has 1 fully saturated rings. The number of morpholine rings is 1. The summed E-state index contributed by atoms with van der Waals surface area (Å²) in [5.41, 5.74) is 1.50. The molecule has 2 aromatic carbocycles. The van der Waals surface area contributed by atoms with Gasteiger partial charge in [0.1, 0.15) is 17.2 Å². The van der Waals surface area contributed by atoms with Gasteiger partial charge in [-0.2, -0.15) is 0 Å². The van der Waals surface area contributed by atoms with E-state index >= 15 is 0 Å². The number of rotatable bonds is 8. The summed E-state index contributed by atoms with van der Waals surface area (Å²) in [7, 11) is 3.11. The number of carbonyl (C=O) groups is 1. The Balaban J connectivity index is 1.36. The Labute approximate surface area is 228 Å². The van der Waals surface area contributed by atoms with Gasteiger partial charge in [0.05, 0.1) is 51.0 Å². The highest BCUT2D eigenvalue weighted by atomic mass is 32.2. The van der Waals surface area contributed by atoms with Crippen molar-refractivity contribution < 1.29 is 33.4 Å². The molecule has 3 aromatic rings. The second-order valence-corrected chi connectivity index (χ2v) is 9.27. The van der Waals surface area contributed by atoms with Crippen LogP contribution in [0.15, 0.2) is 74.9 Å². The van der Waals surface area contributed by atoms with Crippen LogP contribution in [0, 0.1) is 0 Å². The number of hydrogen-bond acceptors (Lipinski definition) is 11. The summed E-state index contributed by atoms with van der Waals surface area (Å²) in [6.07, 6.45) is 3.19. The summed E-state index contributed by atoms with van der Waals surface area (Å²) in [6, 6.07) is 14.4. The lowest BCUT2D eigenvalue weighted by atomic mass is 10.1. The minimum Gasteiger partial charge on any atom is -0.861 e. The molecule has 0 bridgehead atoms. The van der Waals surface area contributed by atoms with E-state index in [1.54, 1.807) is 56.8 Å². The van der Waals surface area contributed by atoms with Crippen molar-refractivity contribution in [2.45, 2.75) is 0 Å². The molecule has 1 aromatic heterocycles. The van der Waals surface area contributed by atoms with Gasteiger partial charge in [0.2, 0.25) is 5.27 Å². The molecule has 1 amide bonds. The molecular weight excluding hydrogens is 524 g/mol. The number of methoxy groups -OCH3 is 2.